The molecule has 6 heteroatoms. The second kappa shape index (κ2) is 5.99. The van der Waals surface area contributed by atoms with Crippen molar-refractivity contribution in [2.75, 3.05) is 0 Å². The van der Waals surface area contributed by atoms with Crippen LogP contribution in [0.25, 0.3) is 0 Å². The van der Waals surface area contributed by atoms with Gasteiger partial charge in [-0.3, -0.25) is 4.79 Å². The van der Waals surface area contributed by atoms with E-state index >= 15 is 0 Å². The average Bonchev–Trinajstić information content (AvgIpc) is 2.73. The summed E-state index contributed by atoms with van der Waals surface area (Å²) in [6.45, 7) is 5.33. The number of halogens is 2. The first-order valence-corrected chi connectivity index (χ1v) is 8.05. The van der Waals surface area contributed by atoms with Gasteiger partial charge in [-0.05, 0) is 49.0 Å². The van der Waals surface area contributed by atoms with Crippen molar-refractivity contribution >= 4 is 30.0 Å². The summed E-state index contributed by atoms with van der Waals surface area (Å²) < 4.78 is 19.7. The van der Waals surface area contributed by atoms with Crippen molar-refractivity contribution in [3.63, 3.8) is 0 Å². The summed E-state index contributed by atoms with van der Waals surface area (Å²) in [5, 5.41) is 10.1. The zero-order valence-electron chi connectivity index (χ0n) is 13.7. The van der Waals surface area contributed by atoms with E-state index in [0.29, 0.717) is 16.6 Å². The molecule has 0 radical (unpaired) electrons. The van der Waals surface area contributed by atoms with Crippen molar-refractivity contribution in [3.05, 3.63) is 63.4 Å². The van der Waals surface area contributed by atoms with Crippen LogP contribution in [0, 0.1) is 12.7 Å². The van der Waals surface area contributed by atoms with Crippen molar-refractivity contribution in [2.45, 2.75) is 32.8 Å². The van der Waals surface area contributed by atoms with Crippen LogP contribution >= 0.6 is 11.6 Å². The Bertz CT molecular complexity index is 835. The highest BCUT2D eigenvalue weighted by Crippen LogP contribution is 2.30. The molecule has 1 aliphatic heterocycles. The Kier molecular flexibility index (Phi) is 4.28. The Morgan fingerprint density at radius 2 is 2.04 bits per heavy atom. The molecule has 0 saturated heterocycles. The van der Waals surface area contributed by atoms with E-state index in [1.54, 1.807) is 25.1 Å². The summed E-state index contributed by atoms with van der Waals surface area (Å²) in [6.07, 6.45) is 0.000518. The van der Waals surface area contributed by atoms with E-state index in [4.69, 9.17) is 16.3 Å². The molecule has 1 aliphatic rings. The van der Waals surface area contributed by atoms with Crippen LogP contribution in [0.4, 0.5) is 4.39 Å². The lowest BCUT2D eigenvalue weighted by atomic mass is 9.77. The molecule has 3 rings (SSSR count). The van der Waals surface area contributed by atoms with Crippen molar-refractivity contribution in [3.8, 4) is 0 Å². The van der Waals surface area contributed by atoms with Crippen molar-refractivity contribution < 1.29 is 18.9 Å². The quantitative estimate of drug-likeness (QED) is 0.686. The zero-order chi connectivity index (χ0) is 17.6. The number of hydrogen-bond donors (Lipinski definition) is 1. The van der Waals surface area contributed by atoms with Crippen LogP contribution in [-0.2, 0) is 16.7 Å². The first-order chi connectivity index (χ1) is 11.2. The Morgan fingerprint density at radius 1 is 1.33 bits per heavy atom. The van der Waals surface area contributed by atoms with Crippen molar-refractivity contribution in [1.82, 2.24) is 0 Å². The van der Waals surface area contributed by atoms with E-state index in [-0.39, 0.29) is 17.0 Å². The van der Waals surface area contributed by atoms with Gasteiger partial charge >= 0.3 is 7.12 Å². The van der Waals surface area contributed by atoms with Crippen molar-refractivity contribution in [2.24, 2.45) is 0 Å². The number of carbonyl (C=O) groups is 1. The standard InChI is InChI=1S/C18H17BClFO3/c1-10-4-7-14(20)16(17(10)21)15(22)9-11-5-6-12-13(8-11)19(23)24-18(12,2)3/h4-8,23H,9H2,1-3H3. The number of aryl methyl sites for hydroxylation is 1. The summed E-state index contributed by atoms with van der Waals surface area (Å²) in [6, 6.07) is 8.42. The maximum Gasteiger partial charge on any atom is 0.492 e. The molecule has 124 valence electrons. The number of rotatable bonds is 3. The van der Waals surface area contributed by atoms with Gasteiger partial charge in [-0.15, -0.1) is 0 Å². The molecule has 0 amide bonds. The van der Waals surface area contributed by atoms with Crippen LogP contribution < -0.4 is 5.46 Å². The number of ketones is 1. The molecule has 0 aliphatic carbocycles. The van der Waals surface area contributed by atoms with E-state index < -0.39 is 24.3 Å². The van der Waals surface area contributed by atoms with Gasteiger partial charge in [-0.2, -0.15) is 0 Å². The minimum absolute atomic E-state index is 0.000518. The van der Waals surface area contributed by atoms with E-state index in [0.717, 1.165) is 5.56 Å². The number of benzene rings is 2. The second-order valence-corrected chi connectivity index (χ2v) is 6.96. The molecule has 0 fully saturated rings. The number of hydrogen-bond acceptors (Lipinski definition) is 3. The molecule has 0 aromatic heterocycles. The Labute approximate surface area is 145 Å². The third kappa shape index (κ3) is 2.88. The minimum atomic E-state index is -1.02. The summed E-state index contributed by atoms with van der Waals surface area (Å²) in [5.74, 6) is -0.980. The maximum absolute atomic E-state index is 14.2. The summed E-state index contributed by atoms with van der Waals surface area (Å²) in [5.41, 5.74) is 1.91. The lowest BCUT2D eigenvalue weighted by Crippen LogP contribution is -2.29. The monoisotopic (exact) mass is 346 g/mol. The van der Waals surface area contributed by atoms with Gasteiger partial charge in [-0.25, -0.2) is 4.39 Å². The molecule has 2 aromatic rings. The van der Waals surface area contributed by atoms with Crippen LogP contribution in [0.15, 0.2) is 30.3 Å². The molecule has 2 aromatic carbocycles. The normalized spacial score (nSPS) is 15.5. The lowest BCUT2D eigenvalue weighted by Gasteiger charge is -2.19. The molecule has 0 bridgehead atoms. The molecule has 1 N–H and O–H groups in total. The molecular weight excluding hydrogens is 329 g/mol. The van der Waals surface area contributed by atoms with Crippen LogP contribution in [0.1, 0.15) is 40.9 Å². The van der Waals surface area contributed by atoms with E-state index in [2.05, 4.69) is 0 Å². The van der Waals surface area contributed by atoms with Gasteiger partial charge in [0.25, 0.3) is 0 Å². The molecule has 0 atom stereocenters. The van der Waals surface area contributed by atoms with Gasteiger partial charge < -0.3 is 9.68 Å². The molecular formula is C18H17BClFO3. The van der Waals surface area contributed by atoms with Gasteiger partial charge in [-0.1, -0.05) is 35.9 Å². The SMILES string of the molecule is Cc1ccc(Cl)c(C(=O)Cc2ccc3c(c2)B(O)OC3(C)C)c1F. The van der Waals surface area contributed by atoms with Gasteiger partial charge in [0, 0.05) is 6.42 Å². The first kappa shape index (κ1) is 17.1. The van der Waals surface area contributed by atoms with Gasteiger partial charge in [0.15, 0.2) is 5.78 Å². The van der Waals surface area contributed by atoms with Crippen LogP contribution in [-0.4, -0.2) is 17.9 Å². The third-order valence-electron chi connectivity index (χ3n) is 4.36. The first-order valence-electron chi connectivity index (χ1n) is 7.67. The topological polar surface area (TPSA) is 46.5 Å². The zero-order valence-corrected chi connectivity index (χ0v) is 14.4. The fraction of sp³-hybridized carbons (Fsp3) is 0.278. The largest absolute Gasteiger partial charge is 0.492 e. The van der Waals surface area contributed by atoms with E-state index in [1.807, 2.05) is 19.9 Å². The summed E-state index contributed by atoms with van der Waals surface area (Å²) >= 11 is 6.00. The van der Waals surface area contributed by atoms with Crippen LogP contribution in [0.5, 0.6) is 0 Å². The van der Waals surface area contributed by atoms with Crippen LogP contribution in [0.3, 0.4) is 0 Å². The molecule has 0 unspecified atom stereocenters. The Morgan fingerprint density at radius 3 is 2.75 bits per heavy atom. The Balaban J connectivity index is 1.92. The molecule has 0 spiro atoms. The second-order valence-electron chi connectivity index (χ2n) is 6.56. The highest BCUT2D eigenvalue weighted by molar-refractivity contribution is 6.62. The smallest absolute Gasteiger partial charge is 0.423 e. The number of carbonyl (C=O) groups excluding carboxylic acids is 1. The van der Waals surface area contributed by atoms with Gasteiger partial charge in [0.2, 0.25) is 0 Å². The predicted octanol–water partition coefficient (Wildman–Crippen LogP) is 3.17. The molecule has 0 saturated carbocycles. The number of Topliss-reactive ketones (excluding diaryl/α,β-unsaturated/α-hetero) is 1. The fourth-order valence-electron chi connectivity index (χ4n) is 3.07. The summed E-state index contributed by atoms with van der Waals surface area (Å²) in [4.78, 5) is 12.5. The highest BCUT2D eigenvalue weighted by Gasteiger charge is 2.40. The average molecular weight is 347 g/mol. The van der Waals surface area contributed by atoms with E-state index in [9.17, 15) is 14.2 Å². The van der Waals surface area contributed by atoms with Gasteiger partial charge in [0.05, 0.1) is 16.2 Å². The number of fused-ring (bicyclic) bond motifs is 1. The van der Waals surface area contributed by atoms with Gasteiger partial charge in [0.1, 0.15) is 5.82 Å². The molecule has 1 heterocycles. The summed E-state index contributed by atoms with van der Waals surface area (Å²) in [7, 11) is -1.02. The predicted molar refractivity (Wildman–Crippen MR) is 92.3 cm³/mol. The maximum atomic E-state index is 14.2. The third-order valence-corrected chi connectivity index (χ3v) is 4.68. The molecule has 24 heavy (non-hydrogen) atoms. The molecule has 3 nitrogen and oxygen atoms in total. The lowest BCUT2D eigenvalue weighted by molar-refractivity contribution is 0.0987. The highest BCUT2D eigenvalue weighted by atomic mass is 35.5. The fourth-order valence-corrected chi connectivity index (χ4v) is 3.32. The van der Waals surface area contributed by atoms with Crippen LogP contribution in [0.2, 0.25) is 5.02 Å². The Hall–Kier alpha value is -1.69. The van der Waals surface area contributed by atoms with E-state index in [1.165, 1.54) is 6.07 Å². The minimum Gasteiger partial charge on any atom is -0.423 e. The van der Waals surface area contributed by atoms with Crippen molar-refractivity contribution in [1.29, 1.82) is 0 Å².